The molecule has 0 atom stereocenters. The van der Waals surface area contributed by atoms with Gasteiger partial charge in [-0.15, -0.1) is 11.8 Å². The summed E-state index contributed by atoms with van der Waals surface area (Å²) in [5.41, 5.74) is 8.43. The van der Waals surface area contributed by atoms with Crippen molar-refractivity contribution in [1.29, 1.82) is 0 Å². The number of nitrogen functional groups attached to an aromatic ring is 1. The molecule has 1 aromatic rings. The lowest BCUT2D eigenvalue weighted by atomic mass is 10.1. The minimum atomic E-state index is 0.596. The molecular weight excluding hydrogens is 192 g/mol. The second-order valence-corrected chi connectivity index (χ2v) is 5.42. The molecule has 3 rings (SSSR count). The number of anilines is 2. The van der Waals surface area contributed by atoms with Crippen LogP contribution in [0.15, 0.2) is 23.1 Å². The molecule has 0 bridgehead atoms. The zero-order chi connectivity index (χ0) is 9.60. The van der Waals surface area contributed by atoms with E-state index in [2.05, 4.69) is 11.4 Å². The molecule has 3 heteroatoms. The molecule has 14 heavy (non-hydrogen) atoms. The van der Waals surface area contributed by atoms with Gasteiger partial charge in [-0.3, -0.25) is 0 Å². The van der Waals surface area contributed by atoms with Crippen molar-refractivity contribution >= 4 is 23.1 Å². The lowest BCUT2D eigenvalue weighted by Gasteiger charge is -2.10. The molecule has 1 heterocycles. The number of benzene rings is 1. The summed E-state index contributed by atoms with van der Waals surface area (Å²) in [6, 6.07) is 6.16. The molecule has 0 unspecified atom stereocenters. The fourth-order valence-corrected chi connectivity index (χ4v) is 3.18. The van der Waals surface area contributed by atoms with E-state index in [1.165, 1.54) is 29.2 Å². The largest absolute Gasteiger partial charge is 0.399 e. The average Bonchev–Trinajstić information content (AvgIpc) is 2.96. The Bertz CT molecular complexity index is 372. The molecule has 1 aromatic carbocycles. The minimum Gasteiger partial charge on any atom is -0.399 e. The van der Waals surface area contributed by atoms with Crippen LogP contribution in [-0.2, 0) is 0 Å². The number of hydrogen-bond donors (Lipinski definition) is 2. The van der Waals surface area contributed by atoms with Gasteiger partial charge in [0.15, 0.2) is 0 Å². The number of thioether (sulfide) groups is 1. The van der Waals surface area contributed by atoms with Crippen LogP contribution in [0, 0.1) is 5.41 Å². The maximum absolute atomic E-state index is 5.77. The second-order valence-electron chi connectivity index (χ2n) is 4.40. The molecule has 2 nitrogen and oxygen atoms in total. The highest BCUT2D eigenvalue weighted by Gasteiger charge is 2.43. The maximum Gasteiger partial charge on any atom is 0.0499 e. The maximum atomic E-state index is 5.77. The Balaban J connectivity index is 1.93. The first kappa shape index (κ1) is 8.48. The van der Waals surface area contributed by atoms with Crippen LogP contribution in [0.1, 0.15) is 12.8 Å². The third kappa shape index (κ3) is 1.36. The van der Waals surface area contributed by atoms with Crippen LogP contribution in [0.2, 0.25) is 0 Å². The molecule has 0 aromatic heterocycles. The Morgan fingerprint density at radius 3 is 3.00 bits per heavy atom. The van der Waals surface area contributed by atoms with Gasteiger partial charge >= 0.3 is 0 Å². The van der Waals surface area contributed by atoms with Crippen molar-refractivity contribution in [2.75, 3.05) is 23.3 Å². The SMILES string of the molecule is Nc1ccc2c(c1)NCC1(CC1)CS2. The Labute approximate surface area is 88.3 Å². The predicted octanol–water partition coefficient (Wildman–Crippen LogP) is 2.57. The van der Waals surface area contributed by atoms with Gasteiger partial charge in [0, 0.05) is 28.6 Å². The third-order valence-corrected chi connectivity index (χ3v) is 4.57. The number of rotatable bonds is 0. The van der Waals surface area contributed by atoms with Crippen molar-refractivity contribution in [3.63, 3.8) is 0 Å². The lowest BCUT2D eigenvalue weighted by Crippen LogP contribution is -2.15. The van der Waals surface area contributed by atoms with E-state index in [4.69, 9.17) is 5.73 Å². The highest BCUT2D eigenvalue weighted by molar-refractivity contribution is 7.99. The highest BCUT2D eigenvalue weighted by Crippen LogP contribution is 2.51. The van der Waals surface area contributed by atoms with E-state index >= 15 is 0 Å². The van der Waals surface area contributed by atoms with E-state index in [9.17, 15) is 0 Å². The Hall–Kier alpha value is -0.830. The van der Waals surface area contributed by atoms with E-state index in [0.717, 1.165) is 12.2 Å². The first-order chi connectivity index (χ1) is 6.77. The first-order valence-electron chi connectivity index (χ1n) is 5.04. The number of hydrogen-bond acceptors (Lipinski definition) is 3. The Kier molecular flexibility index (Phi) is 1.71. The van der Waals surface area contributed by atoms with Gasteiger partial charge in [-0.2, -0.15) is 0 Å². The van der Waals surface area contributed by atoms with Crippen molar-refractivity contribution in [2.24, 2.45) is 5.41 Å². The third-order valence-electron chi connectivity index (χ3n) is 3.15. The van der Waals surface area contributed by atoms with Crippen LogP contribution < -0.4 is 11.1 Å². The van der Waals surface area contributed by atoms with Crippen molar-refractivity contribution < 1.29 is 0 Å². The molecule has 1 spiro atoms. The number of nitrogens with one attached hydrogen (secondary N) is 1. The molecular formula is C11H14N2S. The summed E-state index contributed by atoms with van der Waals surface area (Å²) >= 11 is 1.97. The molecule has 1 aliphatic carbocycles. The standard InChI is InChI=1S/C11H14N2S/c12-8-1-2-10-9(5-8)13-6-11(3-4-11)7-14-10/h1-2,5,13H,3-4,6-7,12H2. The van der Waals surface area contributed by atoms with Crippen molar-refractivity contribution in [2.45, 2.75) is 17.7 Å². The zero-order valence-electron chi connectivity index (χ0n) is 8.05. The van der Waals surface area contributed by atoms with Crippen LogP contribution in [0.25, 0.3) is 0 Å². The van der Waals surface area contributed by atoms with E-state index < -0.39 is 0 Å². The highest BCUT2D eigenvalue weighted by atomic mass is 32.2. The minimum absolute atomic E-state index is 0.596. The van der Waals surface area contributed by atoms with E-state index in [0.29, 0.717) is 5.41 Å². The van der Waals surface area contributed by atoms with Gasteiger partial charge in [-0.25, -0.2) is 0 Å². The average molecular weight is 206 g/mol. The van der Waals surface area contributed by atoms with Gasteiger partial charge in [0.1, 0.15) is 0 Å². The monoisotopic (exact) mass is 206 g/mol. The lowest BCUT2D eigenvalue weighted by molar-refractivity contribution is 0.626. The molecule has 1 fully saturated rings. The summed E-state index contributed by atoms with van der Waals surface area (Å²) in [6.07, 6.45) is 2.77. The van der Waals surface area contributed by atoms with Crippen LogP contribution in [-0.4, -0.2) is 12.3 Å². The second kappa shape index (κ2) is 2.83. The first-order valence-corrected chi connectivity index (χ1v) is 6.02. The van der Waals surface area contributed by atoms with Crippen LogP contribution in [0.3, 0.4) is 0 Å². The zero-order valence-corrected chi connectivity index (χ0v) is 8.86. The van der Waals surface area contributed by atoms with Crippen LogP contribution in [0.5, 0.6) is 0 Å². The van der Waals surface area contributed by atoms with Gasteiger partial charge in [0.25, 0.3) is 0 Å². The van der Waals surface area contributed by atoms with Crippen molar-refractivity contribution in [1.82, 2.24) is 0 Å². The summed E-state index contributed by atoms with van der Waals surface area (Å²) in [5, 5.41) is 3.52. The molecule has 74 valence electrons. The van der Waals surface area contributed by atoms with Gasteiger partial charge in [0.2, 0.25) is 0 Å². The molecule has 0 amide bonds. The van der Waals surface area contributed by atoms with Gasteiger partial charge < -0.3 is 11.1 Å². The van der Waals surface area contributed by atoms with Crippen molar-refractivity contribution in [3.05, 3.63) is 18.2 Å². The van der Waals surface area contributed by atoms with E-state index in [-0.39, 0.29) is 0 Å². The molecule has 1 saturated carbocycles. The fourth-order valence-electron chi connectivity index (χ4n) is 1.87. The van der Waals surface area contributed by atoms with Crippen LogP contribution in [0.4, 0.5) is 11.4 Å². The number of fused-ring (bicyclic) bond motifs is 1. The number of nitrogens with two attached hydrogens (primary N) is 1. The molecule has 3 N–H and O–H groups in total. The summed E-state index contributed by atoms with van der Waals surface area (Å²) in [5.74, 6) is 1.26. The summed E-state index contributed by atoms with van der Waals surface area (Å²) in [6.45, 7) is 1.12. The van der Waals surface area contributed by atoms with Gasteiger partial charge in [-0.05, 0) is 36.5 Å². The summed E-state index contributed by atoms with van der Waals surface area (Å²) in [4.78, 5) is 1.35. The normalized spacial score (nSPS) is 22.3. The van der Waals surface area contributed by atoms with Crippen molar-refractivity contribution in [3.8, 4) is 0 Å². The molecule has 0 saturated heterocycles. The summed E-state index contributed by atoms with van der Waals surface area (Å²) in [7, 11) is 0. The van der Waals surface area contributed by atoms with Crippen LogP contribution >= 0.6 is 11.8 Å². The quantitative estimate of drug-likeness (QED) is 0.641. The van der Waals surface area contributed by atoms with Gasteiger partial charge in [0.05, 0.1) is 0 Å². The summed E-state index contributed by atoms with van der Waals surface area (Å²) < 4.78 is 0. The molecule has 2 aliphatic rings. The Morgan fingerprint density at radius 2 is 2.21 bits per heavy atom. The van der Waals surface area contributed by atoms with E-state index in [1.54, 1.807) is 0 Å². The Morgan fingerprint density at radius 1 is 1.36 bits per heavy atom. The molecule has 0 radical (unpaired) electrons. The smallest absolute Gasteiger partial charge is 0.0499 e. The van der Waals surface area contributed by atoms with E-state index in [1.807, 2.05) is 23.9 Å². The predicted molar refractivity (Wildman–Crippen MR) is 61.7 cm³/mol. The topological polar surface area (TPSA) is 38.0 Å². The fraction of sp³-hybridized carbons (Fsp3) is 0.455. The molecule has 1 aliphatic heterocycles. The van der Waals surface area contributed by atoms with Gasteiger partial charge in [-0.1, -0.05) is 0 Å².